The number of nitrogens with zero attached hydrogens (tertiary/aromatic N) is 2. The second-order valence-electron chi connectivity index (χ2n) is 11.3. The third kappa shape index (κ3) is 3.74. The molecule has 208 valence electrons. The summed E-state index contributed by atoms with van der Waals surface area (Å²) >= 11 is 6.42. The van der Waals surface area contributed by atoms with E-state index in [9.17, 15) is 14.4 Å². The minimum atomic E-state index is -1.08. The van der Waals surface area contributed by atoms with E-state index in [1.54, 1.807) is 25.3 Å². The fourth-order valence-electron chi connectivity index (χ4n) is 7.22. The molecule has 0 aromatic heterocycles. The number of ether oxygens (including phenoxy) is 2. The van der Waals surface area contributed by atoms with Crippen LogP contribution < -0.4 is 10.3 Å². The molecule has 5 aliphatic rings. The number of benzene rings is 3. The Morgan fingerprint density at radius 2 is 1.66 bits per heavy atom. The first kappa shape index (κ1) is 26.1. The third-order valence-electron chi connectivity index (χ3n) is 8.93. The van der Waals surface area contributed by atoms with Crippen molar-refractivity contribution in [3.05, 3.63) is 99.6 Å². The number of hydrazone groups is 1. The van der Waals surface area contributed by atoms with Gasteiger partial charge in [0.25, 0.3) is 0 Å². The second kappa shape index (κ2) is 9.34. The summed E-state index contributed by atoms with van der Waals surface area (Å²) in [5.41, 5.74) is 6.62. The zero-order valence-corrected chi connectivity index (χ0v) is 23.4. The molecule has 0 saturated carbocycles. The molecule has 0 unspecified atom stereocenters. The molecule has 2 atom stereocenters. The smallest absolute Gasteiger partial charge is 0.245 e. The number of halogens is 1. The predicted molar refractivity (Wildman–Crippen MR) is 153 cm³/mol. The number of imide groups is 1. The molecule has 2 aliphatic heterocycles. The van der Waals surface area contributed by atoms with Gasteiger partial charge in [0.05, 0.1) is 42.6 Å². The highest BCUT2D eigenvalue weighted by Gasteiger charge is 2.68. The first-order valence-corrected chi connectivity index (χ1v) is 14.1. The number of carbonyl (C=O) groups is 3. The topological polar surface area (TPSA) is 97.3 Å². The first-order chi connectivity index (χ1) is 19.7. The molecule has 41 heavy (non-hydrogen) atoms. The fraction of sp³-hybridized carbons (Fsp3) is 0.312. The number of amides is 3. The zero-order valence-electron chi connectivity index (χ0n) is 22.6. The average molecular weight is 570 g/mol. The summed E-state index contributed by atoms with van der Waals surface area (Å²) in [5, 5.41) is 4.92. The van der Waals surface area contributed by atoms with Gasteiger partial charge in [-0.2, -0.15) is 5.10 Å². The molecule has 0 radical (unpaired) electrons. The van der Waals surface area contributed by atoms with E-state index in [1.165, 1.54) is 4.90 Å². The van der Waals surface area contributed by atoms with Gasteiger partial charge in [0, 0.05) is 17.2 Å². The van der Waals surface area contributed by atoms with Crippen molar-refractivity contribution in [3.8, 4) is 0 Å². The van der Waals surface area contributed by atoms with Gasteiger partial charge in [-0.1, -0.05) is 66.2 Å². The summed E-state index contributed by atoms with van der Waals surface area (Å²) in [6, 6.07) is 21.0. The molecule has 2 bridgehead atoms. The highest BCUT2D eigenvalue weighted by atomic mass is 35.5. The molecule has 2 fully saturated rings. The van der Waals surface area contributed by atoms with E-state index in [4.69, 9.17) is 21.1 Å². The van der Waals surface area contributed by atoms with Crippen LogP contribution in [-0.2, 0) is 29.3 Å². The lowest BCUT2D eigenvalue weighted by Gasteiger charge is -2.52. The molecule has 3 aromatic carbocycles. The van der Waals surface area contributed by atoms with Crippen molar-refractivity contribution in [1.29, 1.82) is 0 Å². The van der Waals surface area contributed by atoms with E-state index in [2.05, 4.69) is 10.5 Å². The van der Waals surface area contributed by atoms with Crippen LogP contribution in [0.1, 0.15) is 47.1 Å². The Bertz CT molecular complexity index is 1600. The maximum atomic E-state index is 14.4. The maximum absolute atomic E-state index is 14.4. The Kier molecular flexibility index (Phi) is 5.94. The van der Waals surface area contributed by atoms with Gasteiger partial charge in [0.1, 0.15) is 0 Å². The Balaban J connectivity index is 1.36. The molecular formula is C32H28ClN3O5. The van der Waals surface area contributed by atoms with Gasteiger partial charge in [-0.05, 0) is 53.8 Å². The minimum Gasteiger partial charge on any atom is -0.347 e. The average Bonchev–Trinajstić information content (AvgIpc) is 3.51. The van der Waals surface area contributed by atoms with E-state index in [-0.39, 0.29) is 30.1 Å². The van der Waals surface area contributed by atoms with Crippen molar-refractivity contribution in [2.75, 3.05) is 18.1 Å². The van der Waals surface area contributed by atoms with E-state index >= 15 is 0 Å². The Morgan fingerprint density at radius 1 is 1.02 bits per heavy atom. The molecule has 3 aliphatic carbocycles. The molecule has 1 N–H and O–H groups in total. The Labute approximate surface area is 242 Å². The van der Waals surface area contributed by atoms with Crippen LogP contribution in [0.3, 0.4) is 0 Å². The molecule has 2 saturated heterocycles. The van der Waals surface area contributed by atoms with Crippen molar-refractivity contribution in [2.24, 2.45) is 16.9 Å². The standard InChI is InChI=1S/C32H28ClN3O5/c1-18-11-12-19(15-24(18)33)36-29(38)27-26-20-7-3-5-9-22(20)32(28(27)30(36)39,23-10-6-4-8-21(23)26)17-34-35-25(37)16-31(2)40-13-14-41-31/h3-12,15,17,26-28H,13-14,16H2,1-2H3,(H,35,37)/b34-17-/t26?,27-,28+,32?/m0/s1. The van der Waals surface area contributed by atoms with Gasteiger partial charge in [-0.3, -0.25) is 14.4 Å². The van der Waals surface area contributed by atoms with Crippen molar-refractivity contribution < 1.29 is 23.9 Å². The summed E-state index contributed by atoms with van der Waals surface area (Å²) in [7, 11) is 0. The lowest BCUT2D eigenvalue weighted by atomic mass is 9.47. The molecule has 3 aromatic rings. The summed E-state index contributed by atoms with van der Waals surface area (Å²) in [5.74, 6) is -3.66. The van der Waals surface area contributed by atoms with Gasteiger partial charge in [0.2, 0.25) is 17.7 Å². The van der Waals surface area contributed by atoms with Crippen molar-refractivity contribution in [1.82, 2.24) is 5.43 Å². The number of carbonyl (C=O) groups excluding carboxylic acids is 3. The number of hydrogen-bond donors (Lipinski definition) is 1. The van der Waals surface area contributed by atoms with Crippen LogP contribution in [0.4, 0.5) is 5.69 Å². The van der Waals surface area contributed by atoms with Gasteiger partial charge in [0.15, 0.2) is 5.79 Å². The van der Waals surface area contributed by atoms with E-state index in [1.807, 2.05) is 61.5 Å². The summed E-state index contributed by atoms with van der Waals surface area (Å²) in [6.45, 7) is 4.44. The lowest BCUT2D eigenvalue weighted by Crippen LogP contribution is -2.54. The zero-order chi connectivity index (χ0) is 28.5. The van der Waals surface area contributed by atoms with Gasteiger partial charge in [-0.15, -0.1) is 0 Å². The SMILES string of the molecule is Cc1ccc(N2C(=O)[C@H]3C4c5ccccc5C(/C=N\NC(=O)CC5(C)OCCO5)(c5ccccc54)[C@H]3C2=O)cc1Cl. The number of hydrogen-bond acceptors (Lipinski definition) is 6. The molecule has 8 nitrogen and oxygen atoms in total. The first-order valence-electron chi connectivity index (χ1n) is 13.7. The normalized spacial score (nSPS) is 27.2. The quantitative estimate of drug-likeness (QED) is 0.278. The molecule has 2 heterocycles. The largest absolute Gasteiger partial charge is 0.347 e. The monoisotopic (exact) mass is 569 g/mol. The fourth-order valence-corrected chi connectivity index (χ4v) is 7.40. The van der Waals surface area contributed by atoms with Crippen LogP contribution in [0, 0.1) is 18.8 Å². The second-order valence-corrected chi connectivity index (χ2v) is 11.7. The van der Waals surface area contributed by atoms with Crippen LogP contribution >= 0.6 is 11.6 Å². The van der Waals surface area contributed by atoms with Crippen molar-refractivity contribution in [3.63, 3.8) is 0 Å². The highest BCUT2D eigenvalue weighted by molar-refractivity contribution is 6.32. The van der Waals surface area contributed by atoms with Crippen LogP contribution in [0.15, 0.2) is 71.8 Å². The molecule has 8 rings (SSSR count). The van der Waals surface area contributed by atoms with E-state index in [0.29, 0.717) is 23.9 Å². The number of nitrogens with one attached hydrogen (secondary N) is 1. The van der Waals surface area contributed by atoms with E-state index < -0.39 is 23.0 Å². The minimum absolute atomic E-state index is 0.0297. The molecule has 0 spiro atoms. The van der Waals surface area contributed by atoms with Crippen LogP contribution in [0.2, 0.25) is 5.02 Å². The van der Waals surface area contributed by atoms with Gasteiger partial charge in [-0.25, -0.2) is 10.3 Å². The van der Waals surface area contributed by atoms with Gasteiger partial charge < -0.3 is 9.47 Å². The predicted octanol–water partition coefficient (Wildman–Crippen LogP) is 4.45. The molecule has 9 heteroatoms. The van der Waals surface area contributed by atoms with Crippen molar-refractivity contribution >= 4 is 41.2 Å². The highest BCUT2D eigenvalue weighted by Crippen LogP contribution is 2.63. The van der Waals surface area contributed by atoms with Crippen LogP contribution in [0.25, 0.3) is 0 Å². The van der Waals surface area contributed by atoms with E-state index in [0.717, 1.165) is 27.8 Å². The Morgan fingerprint density at radius 3 is 2.29 bits per heavy atom. The summed E-state index contributed by atoms with van der Waals surface area (Å²) in [4.78, 5) is 42.8. The third-order valence-corrected chi connectivity index (χ3v) is 9.34. The number of rotatable bonds is 5. The number of anilines is 1. The van der Waals surface area contributed by atoms with Gasteiger partial charge >= 0.3 is 0 Å². The van der Waals surface area contributed by atoms with Crippen LogP contribution in [-0.4, -0.2) is 42.9 Å². The number of aryl methyl sites for hydroxylation is 1. The Hall–Kier alpha value is -3.85. The van der Waals surface area contributed by atoms with Crippen LogP contribution in [0.5, 0.6) is 0 Å². The molecule has 3 amide bonds. The lowest BCUT2D eigenvalue weighted by molar-refractivity contribution is -0.159. The maximum Gasteiger partial charge on any atom is 0.245 e. The summed E-state index contributed by atoms with van der Waals surface area (Å²) in [6.07, 6.45) is 1.61. The summed E-state index contributed by atoms with van der Waals surface area (Å²) < 4.78 is 11.1. The van der Waals surface area contributed by atoms with Crippen molar-refractivity contribution in [2.45, 2.75) is 37.4 Å². The molecular weight excluding hydrogens is 542 g/mol.